The fourth-order valence-corrected chi connectivity index (χ4v) is 6.02. The summed E-state index contributed by atoms with van der Waals surface area (Å²) < 4.78 is 2.19. The summed E-state index contributed by atoms with van der Waals surface area (Å²) in [4.78, 5) is 27.1. The molecule has 1 aliphatic rings. The van der Waals surface area contributed by atoms with Gasteiger partial charge in [-0.05, 0) is 34.3 Å². The Balaban J connectivity index is 1.81. The van der Waals surface area contributed by atoms with Crippen LogP contribution in [0.5, 0.6) is 0 Å². The summed E-state index contributed by atoms with van der Waals surface area (Å²) >= 11 is 4.96. The molecule has 0 unspecified atom stereocenters. The second-order valence-electron chi connectivity index (χ2n) is 6.23. The van der Waals surface area contributed by atoms with Gasteiger partial charge in [-0.2, -0.15) is 0 Å². The van der Waals surface area contributed by atoms with Crippen LogP contribution in [0.4, 0.5) is 0 Å². The molecule has 0 spiro atoms. The molecular weight excluding hydrogens is 396 g/mol. The van der Waals surface area contributed by atoms with Gasteiger partial charge in [0.1, 0.15) is 11.3 Å². The first-order valence-corrected chi connectivity index (χ1v) is 10.9. The highest BCUT2D eigenvalue weighted by Crippen LogP contribution is 2.39. The van der Waals surface area contributed by atoms with Crippen LogP contribution in [0, 0.1) is 0 Å². The largest absolute Gasteiger partial charge is 0.323 e. The number of aromatic amines is 2. The summed E-state index contributed by atoms with van der Waals surface area (Å²) in [5, 5.41) is 8.35. The van der Waals surface area contributed by atoms with E-state index in [0.29, 0.717) is 11.6 Å². The Labute approximate surface area is 162 Å². The van der Waals surface area contributed by atoms with Gasteiger partial charge in [0.25, 0.3) is 0 Å². The molecule has 6 aromatic heterocycles. The quantitative estimate of drug-likeness (QED) is 0.350. The van der Waals surface area contributed by atoms with Gasteiger partial charge in [0, 0.05) is 16.3 Å². The summed E-state index contributed by atoms with van der Waals surface area (Å²) in [6.07, 6.45) is 0. The molecule has 0 atom stereocenters. The van der Waals surface area contributed by atoms with Gasteiger partial charge in [0.2, 0.25) is 0 Å². The third-order valence-electron chi connectivity index (χ3n) is 4.72. The van der Waals surface area contributed by atoms with Crippen LogP contribution in [0.25, 0.3) is 64.9 Å². The number of aromatic nitrogens is 6. The Hall–Kier alpha value is -2.88. The van der Waals surface area contributed by atoms with Crippen LogP contribution < -0.4 is 0 Å². The van der Waals surface area contributed by atoms with Crippen LogP contribution in [0.3, 0.4) is 0 Å². The van der Waals surface area contributed by atoms with E-state index in [1.54, 1.807) is 34.0 Å². The van der Waals surface area contributed by atoms with Crippen molar-refractivity contribution in [3.05, 3.63) is 34.3 Å². The molecule has 0 saturated heterocycles. The van der Waals surface area contributed by atoms with Crippen molar-refractivity contribution >= 4 is 76.8 Å². The second-order valence-corrected chi connectivity index (χ2v) is 8.98. The van der Waals surface area contributed by atoms with E-state index in [2.05, 4.69) is 44.3 Å². The lowest BCUT2D eigenvalue weighted by Crippen LogP contribution is -1.82. The van der Waals surface area contributed by atoms with E-state index in [0.717, 1.165) is 53.2 Å². The zero-order valence-corrected chi connectivity index (χ0v) is 15.9. The van der Waals surface area contributed by atoms with Gasteiger partial charge in [-0.15, -0.1) is 34.0 Å². The average molecular weight is 405 g/mol. The molecule has 128 valence electrons. The van der Waals surface area contributed by atoms with Crippen LogP contribution in [-0.2, 0) is 0 Å². The lowest BCUT2D eigenvalue weighted by Gasteiger charge is -1.87. The second kappa shape index (κ2) is 4.89. The first-order valence-electron chi connectivity index (χ1n) is 8.22. The molecule has 0 radical (unpaired) electrons. The van der Waals surface area contributed by atoms with E-state index >= 15 is 0 Å². The van der Waals surface area contributed by atoms with Crippen LogP contribution >= 0.6 is 34.0 Å². The van der Waals surface area contributed by atoms with Crippen LogP contribution in [0.15, 0.2) is 34.3 Å². The molecule has 7 rings (SSSR count). The molecule has 6 aromatic rings. The Morgan fingerprint density at radius 3 is 2.00 bits per heavy atom. The monoisotopic (exact) mass is 404 g/mol. The molecule has 0 aliphatic carbocycles. The number of nitrogens with one attached hydrogen (secondary N) is 2. The predicted molar refractivity (Wildman–Crippen MR) is 112 cm³/mol. The maximum atomic E-state index is 4.88. The zero-order chi connectivity index (χ0) is 17.5. The molecule has 27 heavy (non-hydrogen) atoms. The number of hydrogen-bond acceptors (Lipinski definition) is 7. The SMILES string of the molecule is c1cc2c(s1)-c1nc-2nc2[nH]c(nc3[nH]c(n1)c1ccsc31)c1ccsc21. The van der Waals surface area contributed by atoms with Gasteiger partial charge in [-0.1, -0.05) is 0 Å². The number of thiophene rings is 3. The van der Waals surface area contributed by atoms with Crippen molar-refractivity contribution in [2.24, 2.45) is 0 Å². The highest BCUT2D eigenvalue weighted by atomic mass is 32.1. The molecule has 6 nitrogen and oxygen atoms in total. The number of hydrogen-bond donors (Lipinski definition) is 2. The Morgan fingerprint density at radius 1 is 0.593 bits per heavy atom. The summed E-state index contributed by atoms with van der Waals surface area (Å²) in [5.74, 6) is 1.40. The maximum Gasteiger partial charge on any atom is 0.174 e. The Kier molecular flexibility index (Phi) is 2.57. The molecule has 6 bridgehead atoms. The zero-order valence-electron chi connectivity index (χ0n) is 13.5. The molecule has 9 heteroatoms. The van der Waals surface area contributed by atoms with Gasteiger partial charge in [0.15, 0.2) is 22.9 Å². The number of nitrogens with zero attached hydrogens (tertiary/aromatic N) is 4. The Bertz CT molecular complexity index is 1480. The van der Waals surface area contributed by atoms with Crippen LogP contribution in [0.2, 0.25) is 0 Å². The minimum Gasteiger partial charge on any atom is -0.323 e. The smallest absolute Gasteiger partial charge is 0.174 e. The minimum absolute atomic E-state index is 0.696. The fraction of sp³-hybridized carbons (Fsp3) is 0. The first kappa shape index (κ1) is 14.2. The van der Waals surface area contributed by atoms with Crippen molar-refractivity contribution in [3.8, 4) is 22.1 Å². The standard InChI is InChI=1S/C18H8N6S3/c1-4-25-10-7(1)13-19-16(10)23-14-9-3-6-27-12(9)18(21-14)24-15-8-2-5-26-11(8)17(20-15)22-13/h1-6H,(H2,19,20,21,22,23,24). The van der Waals surface area contributed by atoms with E-state index in [4.69, 9.17) is 19.9 Å². The maximum absolute atomic E-state index is 4.88. The van der Waals surface area contributed by atoms with Gasteiger partial charge >= 0.3 is 0 Å². The minimum atomic E-state index is 0.696. The molecule has 0 amide bonds. The van der Waals surface area contributed by atoms with Gasteiger partial charge in [0.05, 0.1) is 14.3 Å². The molecule has 2 N–H and O–H groups in total. The lowest BCUT2D eigenvalue weighted by molar-refractivity contribution is 1.21. The van der Waals surface area contributed by atoms with Crippen molar-refractivity contribution in [2.75, 3.05) is 0 Å². The van der Waals surface area contributed by atoms with E-state index < -0.39 is 0 Å². The first-order chi connectivity index (χ1) is 13.3. The van der Waals surface area contributed by atoms with Crippen molar-refractivity contribution in [1.29, 1.82) is 0 Å². The molecule has 0 aromatic carbocycles. The molecular formula is C18H8N6S3. The van der Waals surface area contributed by atoms with E-state index in [1.165, 1.54) is 0 Å². The number of H-pyrrole nitrogens is 2. The summed E-state index contributed by atoms with van der Waals surface area (Å²) in [6.45, 7) is 0. The lowest BCUT2D eigenvalue weighted by atomic mass is 10.3. The van der Waals surface area contributed by atoms with Crippen LogP contribution in [0.1, 0.15) is 0 Å². The average Bonchev–Trinajstić information content (AvgIpc) is 3.46. The summed E-state index contributed by atoms with van der Waals surface area (Å²) in [7, 11) is 0. The normalized spacial score (nSPS) is 12.4. The third kappa shape index (κ3) is 1.83. The molecule has 7 heterocycles. The summed E-state index contributed by atoms with van der Waals surface area (Å²) in [6, 6.07) is 6.22. The van der Waals surface area contributed by atoms with Crippen LogP contribution in [-0.4, -0.2) is 29.9 Å². The highest BCUT2D eigenvalue weighted by molar-refractivity contribution is 7.18. The van der Waals surface area contributed by atoms with Gasteiger partial charge in [-0.25, -0.2) is 19.9 Å². The van der Waals surface area contributed by atoms with E-state index in [1.807, 2.05) is 0 Å². The van der Waals surface area contributed by atoms with Gasteiger partial charge < -0.3 is 9.97 Å². The third-order valence-corrected chi connectivity index (χ3v) is 7.48. The molecule has 0 saturated carbocycles. The van der Waals surface area contributed by atoms with Crippen molar-refractivity contribution in [3.63, 3.8) is 0 Å². The molecule has 1 aliphatic heterocycles. The van der Waals surface area contributed by atoms with Gasteiger partial charge in [-0.3, -0.25) is 0 Å². The highest BCUT2D eigenvalue weighted by Gasteiger charge is 2.21. The Morgan fingerprint density at radius 2 is 1.22 bits per heavy atom. The van der Waals surface area contributed by atoms with Crippen molar-refractivity contribution in [2.45, 2.75) is 0 Å². The topological polar surface area (TPSA) is 83.1 Å². The summed E-state index contributed by atoms with van der Waals surface area (Å²) in [5.41, 5.74) is 4.24. The number of fused-ring (bicyclic) bond motifs is 15. The van der Waals surface area contributed by atoms with E-state index in [9.17, 15) is 0 Å². The number of rotatable bonds is 0. The molecule has 0 fully saturated rings. The fourth-order valence-electron chi connectivity index (χ4n) is 3.52. The van der Waals surface area contributed by atoms with E-state index in [-0.39, 0.29) is 0 Å². The van der Waals surface area contributed by atoms with Crippen molar-refractivity contribution in [1.82, 2.24) is 29.9 Å². The predicted octanol–water partition coefficient (Wildman–Crippen LogP) is 5.49. The van der Waals surface area contributed by atoms with Crippen molar-refractivity contribution < 1.29 is 0 Å².